The number of anilines is 1. The van der Waals surface area contributed by atoms with Crippen molar-refractivity contribution in [2.75, 3.05) is 25.2 Å². The number of fused-ring (bicyclic) bond motifs is 1. The topological polar surface area (TPSA) is 104 Å². The first kappa shape index (κ1) is 19.2. The number of thioether (sulfide) groups is 2. The number of hydrogen-bond acceptors (Lipinski definition) is 7. The van der Waals surface area contributed by atoms with Gasteiger partial charge in [-0.25, -0.2) is 9.97 Å². The summed E-state index contributed by atoms with van der Waals surface area (Å²) in [6.45, 7) is 0. The van der Waals surface area contributed by atoms with Crippen LogP contribution < -0.4 is 5.32 Å². The van der Waals surface area contributed by atoms with Crippen LogP contribution in [0.2, 0.25) is 0 Å². The number of amides is 2. The van der Waals surface area contributed by atoms with Gasteiger partial charge in [0.25, 0.3) is 5.24 Å². The SMILES string of the molecule is CN(C)C(=O)SCC(=O)Nc1cccc(CSc2ncnc3[nH]ncc23)c1. The number of nitrogens with one attached hydrogen (secondary N) is 2. The van der Waals surface area contributed by atoms with Crippen LogP contribution in [-0.4, -0.2) is 56.1 Å². The molecule has 0 atom stereocenters. The lowest BCUT2D eigenvalue weighted by Gasteiger charge is -2.10. The minimum atomic E-state index is -0.212. The van der Waals surface area contributed by atoms with Crippen molar-refractivity contribution < 1.29 is 9.59 Å². The zero-order chi connectivity index (χ0) is 19.2. The zero-order valence-corrected chi connectivity index (χ0v) is 16.4. The Morgan fingerprint density at radius 1 is 1.26 bits per heavy atom. The summed E-state index contributed by atoms with van der Waals surface area (Å²) in [4.78, 5) is 33.4. The monoisotopic (exact) mass is 402 g/mol. The van der Waals surface area contributed by atoms with E-state index >= 15 is 0 Å². The van der Waals surface area contributed by atoms with Gasteiger partial charge in [0.2, 0.25) is 5.91 Å². The molecule has 0 saturated heterocycles. The first-order chi connectivity index (χ1) is 13.0. The van der Waals surface area contributed by atoms with Crippen LogP contribution in [0.4, 0.5) is 10.5 Å². The summed E-state index contributed by atoms with van der Waals surface area (Å²) < 4.78 is 0. The second kappa shape index (κ2) is 8.87. The van der Waals surface area contributed by atoms with Gasteiger partial charge in [0.05, 0.1) is 17.3 Å². The average molecular weight is 403 g/mol. The lowest BCUT2D eigenvalue weighted by Crippen LogP contribution is -2.21. The smallest absolute Gasteiger partial charge is 0.281 e. The maximum absolute atomic E-state index is 12.0. The largest absolute Gasteiger partial charge is 0.340 e. The highest BCUT2D eigenvalue weighted by atomic mass is 32.2. The van der Waals surface area contributed by atoms with Crippen molar-refractivity contribution in [1.29, 1.82) is 0 Å². The molecule has 0 unspecified atom stereocenters. The number of aromatic nitrogens is 4. The molecule has 0 aliphatic rings. The fourth-order valence-electron chi connectivity index (χ4n) is 2.20. The Kier molecular flexibility index (Phi) is 6.30. The summed E-state index contributed by atoms with van der Waals surface area (Å²) in [7, 11) is 3.31. The van der Waals surface area contributed by atoms with E-state index < -0.39 is 0 Å². The van der Waals surface area contributed by atoms with E-state index in [-0.39, 0.29) is 16.9 Å². The van der Waals surface area contributed by atoms with Gasteiger partial charge in [-0.2, -0.15) is 5.10 Å². The molecule has 0 aliphatic heterocycles. The van der Waals surface area contributed by atoms with E-state index in [9.17, 15) is 9.59 Å². The minimum Gasteiger partial charge on any atom is -0.340 e. The van der Waals surface area contributed by atoms with Gasteiger partial charge >= 0.3 is 0 Å². The third-order valence-corrected chi connectivity index (χ3v) is 5.58. The predicted molar refractivity (Wildman–Crippen MR) is 108 cm³/mol. The summed E-state index contributed by atoms with van der Waals surface area (Å²) in [5.41, 5.74) is 2.45. The number of carbonyl (C=O) groups excluding carboxylic acids is 2. The second-order valence-corrected chi connectivity index (χ2v) is 7.69. The summed E-state index contributed by atoms with van der Waals surface area (Å²) >= 11 is 2.55. The summed E-state index contributed by atoms with van der Waals surface area (Å²) in [5.74, 6) is 0.556. The number of benzene rings is 1. The molecule has 0 radical (unpaired) electrons. The molecule has 0 fully saturated rings. The number of H-pyrrole nitrogens is 1. The second-order valence-electron chi connectivity index (χ2n) is 5.80. The van der Waals surface area contributed by atoms with Gasteiger partial charge in [-0.3, -0.25) is 14.7 Å². The molecule has 2 heterocycles. The molecular weight excluding hydrogens is 384 g/mol. The van der Waals surface area contributed by atoms with Crippen LogP contribution in [0, 0.1) is 0 Å². The molecular formula is C17H18N6O2S2. The van der Waals surface area contributed by atoms with Crippen LogP contribution in [0.3, 0.4) is 0 Å². The van der Waals surface area contributed by atoms with E-state index in [1.54, 1.807) is 32.1 Å². The van der Waals surface area contributed by atoms with E-state index in [4.69, 9.17) is 0 Å². The molecule has 0 saturated carbocycles. The van der Waals surface area contributed by atoms with Crippen LogP contribution in [0.15, 0.2) is 41.8 Å². The highest BCUT2D eigenvalue weighted by molar-refractivity contribution is 8.14. The number of nitrogens with zero attached hydrogens (tertiary/aromatic N) is 4. The van der Waals surface area contributed by atoms with Gasteiger partial charge in [-0.15, -0.1) is 11.8 Å². The van der Waals surface area contributed by atoms with Crippen LogP contribution in [0.5, 0.6) is 0 Å². The van der Waals surface area contributed by atoms with Crippen LogP contribution in [-0.2, 0) is 10.5 Å². The van der Waals surface area contributed by atoms with Crippen molar-refractivity contribution in [3.05, 3.63) is 42.4 Å². The van der Waals surface area contributed by atoms with Crippen molar-refractivity contribution in [3.8, 4) is 0 Å². The van der Waals surface area contributed by atoms with Gasteiger partial charge in [-0.1, -0.05) is 23.9 Å². The molecule has 2 amide bonds. The third-order valence-electron chi connectivity index (χ3n) is 3.49. The van der Waals surface area contributed by atoms with Crippen molar-refractivity contribution >= 4 is 51.4 Å². The van der Waals surface area contributed by atoms with Gasteiger partial charge in [0.15, 0.2) is 5.65 Å². The first-order valence-corrected chi connectivity index (χ1v) is 10.00. The molecule has 3 rings (SSSR count). The van der Waals surface area contributed by atoms with Gasteiger partial charge in [0.1, 0.15) is 11.4 Å². The summed E-state index contributed by atoms with van der Waals surface area (Å²) in [6.07, 6.45) is 3.22. The Balaban J connectivity index is 1.58. The zero-order valence-electron chi connectivity index (χ0n) is 14.8. The highest BCUT2D eigenvalue weighted by Gasteiger charge is 2.10. The predicted octanol–water partition coefficient (Wildman–Crippen LogP) is 3.00. The molecule has 2 aromatic heterocycles. The molecule has 140 valence electrons. The van der Waals surface area contributed by atoms with Gasteiger partial charge in [-0.05, 0) is 17.7 Å². The van der Waals surface area contributed by atoms with E-state index in [2.05, 4.69) is 25.5 Å². The maximum Gasteiger partial charge on any atom is 0.281 e. The Hall–Kier alpha value is -2.59. The lowest BCUT2D eigenvalue weighted by molar-refractivity contribution is -0.113. The first-order valence-electron chi connectivity index (χ1n) is 8.02. The Bertz CT molecular complexity index is 959. The fourth-order valence-corrected chi connectivity index (χ4v) is 3.70. The van der Waals surface area contributed by atoms with Crippen LogP contribution in [0.25, 0.3) is 11.0 Å². The molecule has 3 aromatic rings. The average Bonchev–Trinajstić information content (AvgIpc) is 3.14. The molecule has 1 aromatic carbocycles. The van der Waals surface area contributed by atoms with Gasteiger partial charge in [0, 0.05) is 25.5 Å². The minimum absolute atomic E-state index is 0.0788. The van der Waals surface area contributed by atoms with E-state index in [1.807, 2.05) is 24.3 Å². The number of hydrogen-bond donors (Lipinski definition) is 2. The Morgan fingerprint density at radius 2 is 2.11 bits per heavy atom. The molecule has 0 bridgehead atoms. The number of carbonyl (C=O) groups is 2. The molecule has 8 nitrogen and oxygen atoms in total. The standard InChI is InChI=1S/C17H18N6O2S2/c1-23(2)17(25)27-9-14(24)21-12-5-3-4-11(6-12)8-26-16-13-7-20-22-15(13)18-10-19-16/h3-7,10H,8-9H2,1-2H3,(H,21,24)(H,18,19,20,22). The molecule has 0 spiro atoms. The van der Waals surface area contributed by atoms with E-state index in [0.29, 0.717) is 17.1 Å². The number of aromatic amines is 1. The van der Waals surface area contributed by atoms with Crippen molar-refractivity contribution in [3.63, 3.8) is 0 Å². The molecule has 0 aliphatic carbocycles. The number of rotatable bonds is 6. The van der Waals surface area contributed by atoms with E-state index in [1.165, 1.54) is 11.2 Å². The van der Waals surface area contributed by atoms with Crippen LogP contribution in [0.1, 0.15) is 5.56 Å². The normalized spacial score (nSPS) is 10.7. The fraction of sp³-hybridized carbons (Fsp3) is 0.235. The van der Waals surface area contributed by atoms with Crippen molar-refractivity contribution in [2.24, 2.45) is 0 Å². The lowest BCUT2D eigenvalue weighted by atomic mass is 10.2. The molecule has 2 N–H and O–H groups in total. The van der Waals surface area contributed by atoms with E-state index in [0.717, 1.165) is 27.7 Å². The van der Waals surface area contributed by atoms with Crippen LogP contribution >= 0.6 is 23.5 Å². The quantitative estimate of drug-likeness (QED) is 0.482. The Morgan fingerprint density at radius 3 is 2.93 bits per heavy atom. The molecule has 10 heteroatoms. The molecule has 27 heavy (non-hydrogen) atoms. The summed E-state index contributed by atoms with van der Waals surface area (Å²) in [5, 5.41) is 11.2. The van der Waals surface area contributed by atoms with Crippen molar-refractivity contribution in [2.45, 2.75) is 10.8 Å². The Labute approximate surface area is 164 Å². The van der Waals surface area contributed by atoms with Gasteiger partial charge < -0.3 is 10.2 Å². The highest BCUT2D eigenvalue weighted by Crippen LogP contribution is 2.27. The maximum atomic E-state index is 12.0. The van der Waals surface area contributed by atoms with Crippen molar-refractivity contribution in [1.82, 2.24) is 25.1 Å². The summed E-state index contributed by atoms with van der Waals surface area (Å²) in [6, 6.07) is 7.61. The third kappa shape index (κ3) is 5.20.